The summed E-state index contributed by atoms with van der Waals surface area (Å²) in [4.78, 5) is 72.9. The Hall–Kier alpha value is -1.94. The van der Waals surface area contributed by atoms with E-state index < -0.39 is 97.5 Å². The van der Waals surface area contributed by atoms with Crippen molar-refractivity contribution >= 4 is 39.5 Å². The predicted molar refractivity (Wildman–Crippen MR) is 409 cm³/mol. The Morgan fingerprint density at radius 3 is 0.680 bits per heavy atom. The molecule has 0 aromatic rings. The molecule has 5 atom stereocenters. The van der Waals surface area contributed by atoms with E-state index in [0.29, 0.717) is 25.7 Å². The Balaban J connectivity index is 5.20. The lowest BCUT2D eigenvalue weighted by Crippen LogP contribution is -2.30. The van der Waals surface area contributed by atoms with Crippen LogP contribution in [-0.2, 0) is 65.4 Å². The molecule has 0 saturated carbocycles. The Labute approximate surface area is 613 Å². The van der Waals surface area contributed by atoms with Crippen molar-refractivity contribution < 1.29 is 80.2 Å². The molecule has 100 heavy (non-hydrogen) atoms. The molecule has 3 N–H and O–H groups in total. The highest BCUT2D eigenvalue weighted by Crippen LogP contribution is 2.45. The third kappa shape index (κ3) is 74.3. The molecule has 2 unspecified atom stereocenters. The van der Waals surface area contributed by atoms with Gasteiger partial charge in [0, 0.05) is 25.7 Å². The van der Waals surface area contributed by atoms with Crippen LogP contribution in [0.25, 0.3) is 0 Å². The van der Waals surface area contributed by atoms with Crippen molar-refractivity contribution in [1.29, 1.82) is 0 Å². The van der Waals surface area contributed by atoms with E-state index in [4.69, 9.17) is 37.0 Å². The number of hydrogen-bond donors (Lipinski definition) is 3. The molecule has 0 heterocycles. The minimum absolute atomic E-state index is 0.108. The molecule has 0 fully saturated rings. The Kier molecular flexibility index (Phi) is 72.5. The summed E-state index contributed by atoms with van der Waals surface area (Å²) < 4.78 is 68.7. The van der Waals surface area contributed by atoms with E-state index in [9.17, 15) is 43.2 Å². The molecule has 0 aromatic heterocycles. The van der Waals surface area contributed by atoms with Crippen LogP contribution in [0.2, 0.25) is 0 Å². The summed E-state index contributed by atoms with van der Waals surface area (Å²) in [5, 5.41) is 10.6. The second-order valence-corrected chi connectivity index (χ2v) is 32.5. The summed E-state index contributed by atoms with van der Waals surface area (Å²) in [6.45, 7) is 7.33. The minimum Gasteiger partial charge on any atom is -0.462 e. The van der Waals surface area contributed by atoms with Gasteiger partial charge in [-0.2, -0.15) is 0 Å². The van der Waals surface area contributed by atoms with Crippen molar-refractivity contribution in [2.24, 2.45) is 5.92 Å². The molecular weight excluding hydrogens is 1310 g/mol. The number of rotatable bonds is 81. The van der Waals surface area contributed by atoms with Crippen LogP contribution >= 0.6 is 15.6 Å². The van der Waals surface area contributed by atoms with Crippen molar-refractivity contribution in [3.8, 4) is 0 Å². The maximum Gasteiger partial charge on any atom is 0.472 e. The lowest BCUT2D eigenvalue weighted by molar-refractivity contribution is -0.161. The van der Waals surface area contributed by atoms with E-state index >= 15 is 0 Å². The van der Waals surface area contributed by atoms with E-state index in [0.717, 1.165) is 102 Å². The van der Waals surface area contributed by atoms with Gasteiger partial charge in [-0.1, -0.05) is 381 Å². The topological polar surface area (TPSA) is 237 Å². The molecular formula is C81H158O17P2. The van der Waals surface area contributed by atoms with Gasteiger partial charge in [0.1, 0.15) is 19.3 Å². The van der Waals surface area contributed by atoms with Gasteiger partial charge in [0.2, 0.25) is 0 Å². The zero-order valence-electron chi connectivity index (χ0n) is 65.3. The van der Waals surface area contributed by atoms with Crippen LogP contribution in [0.1, 0.15) is 433 Å². The van der Waals surface area contributed by atoms with E-state index in [1.54, 1.807) is 0 Å². The first-order valence-corrected chi connectivity index (χ1v) is 45.1. The maximum atomic E-state index is 13.1. The molecule has 0 rings (SSSR count). The number of carbonyl (C=O) groups excluding carboxylic acids is 4. The second-order valence-electron chi connectivity index (χ2n) is 29.6. The fourth-order valence-electron chi connectivity index (χ4n) is 12.6. The minimum atomic E-state index is -4.96. The molecule has 19 heteroatoms. The lowest BCUT2D eigenvalue weighted by Gasteiger charge is -2.21. The molecule has 0 aliphatic carbocycles. The van der Waals surface area contributed by atoms with Gasteiger partial charge in [0.15, 0.2) is 12.2 Å². The van der Waals surface area contributed by atoms with Crippen LogP contribution in [-0.4, -0.2) is 96.7 Å². The smallest absolute Gasteiger partial charge is 0.462 e. The van der Waals surface area contributed by atoms with Gasteiger partial charge >= 0.3 is 39.5 Å². The number of unbranched alkanes of at least 4 members (excludes halogenated alkanes) is 53. The molecule has 0 aliphatic rings. The van der Waals surface area contributed by atoms with Gasteiger partial charge < -0.3 is 33.8 Å². The molecule has 0 radical (unpaired) electrons. The Bertz CT molecular complexity index is 1910. The monoisotopic (exact) mass is 1470 g/mol. The van der Waals surface area contributed by atoms with Crippen LogP contribution in [0.4, 0.5) is 0 Å². The Morgan fingerprint density at radius 1 is 0.270 bits per heavy atom. The number of aliphatic hydroxyl groups excluding tert-OH is 1. The van der Waals surface area contributed by atoms with Crippen LogP contribution in [0, 0.1) is 5.92 Å². The van der Waals surface area contributed by atoms with Crippen molar-refractivity contribution in [2.45, 2.75) is 451 Å². The molecule has 0 aromatic carbocycles. The molecule has 17 nitrogen and oxygen atoms in total. The lowest BCUT2D eigenvalue weighted by atomic mass is 10.0. The summed E-state index contributed by atoms with van der Waals surface area (Å²) >= 11 is 0. The summed E-state index contributed by atoms with van der Waals surface area (Å²) in [6, 6.07) is 0. The zero-order chi connectivity index (χ0) is 73.4. The summed E-state index contributed by atoms with van der Waals surface area (Å²) in [7, 11) is -9.91. The quantitative estimate of drug-likeness (QED) is 0.0222. The fourth-order valence-corrected chi connectivity index (χ4v) is 14.2. The molecule has 0 aliphatic heterocycles. The zero-order valence-corrected chi connectivity index (χ0v) is 67.1. The number of hydrogen-bond acceptors (Lipinski definition) is 15. The standard InChI is InChI=1S/C81H158O17P2/c1-6-9-12-15-18-21-23-25-27-28-29-30-31-33-39-43-47-52-57-62-67-81(86)98-77(71-92-79(84)65-60-55-50-45-41-37-35-34-36-40-44-48-53-58-63-74(4)5)73-96-100(89,90)94-69-75(82)68-93-99(87,88)95-72-76(70-91-78(83)64-59-54-49-20-17-14-11-8-3)97-80(85)66-61-56-51-46-42-38-32-26-24-22-19-16-13-10-7-2/h74-77,82H,6-73H2,1-5H3,(H,87,88)(H,89,90)/t75-,76+,77+/m0/s1. The largest absolute Gasteiger partial charge is 0.472 e. The molecule has 0 bridgehead atoms. The number of carbonyl (C=O) groups is 4. The Morgan fingerprint density at radius 2 is 0.460 bits per heavy atom. The molecule has 0 spiro atoms. The summed E-state index contributed by atoms with van der Waals surface area (Å²) in [5.41, 5.74) is 0. The van der Waals surface area contributed by atoms with E-state index in [1.807, 2.05) is 0 Å². The average Bonchev–Trinajstić information content (AvgIpc) is 0.930. The number of ether oxygens (including phenoxy) is 4. The van der Waals surface area contributed by atoms with Crippen LogP contribution in [0.5, 0.6) is 0 Å². The number of phosphoric ester groups is 2. The van der Waals surface area contributed by atoms with Gasteiger partial charge in [-0.15, -0.1) is 0 Å². The van der Waals surface area contributed by atoms with Crippen LogP contribution in [0.3, 0.4) is 0 Å². The SMILES string of the molecule is CCCCCCCCCCCCCCCCCCCCCCC(=O)O[C@H](COC(=O)CCCCCCCCCCCCCCCCC(C)C)COP(=O)(O)OC[C@@H](O)COP(=O)(O)OC[C@@H](COC(=O)CCCCCCCCCC)OC(=O)CCCCCCCCCCCCCCCCC. The van der Waals surface area contributed by atoms with Crippen LogP contribution in [0.15, 0.2) is 0 Å². The van der Waals surface area contributed by atoms with E-state index in [2.05, 4.69) is 34.6 Å². The van der Waals surface area contributed by atoms with E-state index in [-0.39, 0.29) is 25.7 Å². The van der Waals surface area contributed by atoms with Gasteiger partial charge in [-0.3, -0.25) is 37.3 Å². The van der Waals surface area contributed by atoms with Crippen molar-refractivity contribution in [3.63, 3.8) is 0 Å². The highest BCUT2D eigenvalue weighted by atomic mass is 31.2. The third-order valence-corrected chi connectivity index (χ3v) is 20.9. The predicted octanol–water partition coefficient (Wildman–Crippen LogP) is 24.4. The second kappa shape index (κ2) is 73.9. The van der Waals surface area contributed by atoms with Crippen molar-refractivity contribution in [1.82, 2.24) is 0 Å². The number of phosphoric acid groups is 2. The van der Waals surface area contributed by atoms with Crippen molar-refractivity contribution in [3.05, 3.63) is 0 Å². The maximum absolute atomic E-state index is 13.1. The number of esters is 4. The first-order valence-electron chi connectivity index (χ1n) is 42.1. The van der Waals surface area contributed by atoms with Gasteiger partial charge in [0.05, 0.1) is 26.4 Å². The highest BCUT2D eigenvalue weighted by Gasteiger charge is 2.30. The molecule has 594 valence electrons. The normalized spacial score (nSPS) is 13.8. The van der Waals surface area contributed by atoms with Gasteiger partial charge in [0.25, 0.3) is 0 Å². The van der Waals surface area contributed by atoms with Crippen LogP contribution < -0.4 is 0 Å². The number of aliphatic hydroxyl groups is 1. The summed E-state index contributed by atoms with van der Waals surface area (Å²) in [5.74, 6) is -1.31. The van der Waals surface area contributed by atoms with Gasteiger partial charge in [-0.25, -0.2) is 9.13 Å². The fraction of sp³-hybridized carbons (Fsp3) is 0.951. The van der Waals surface area contributed by atoms with Crippen molar-refractivity contribution in [2.75, 3.05) is 39.6 Å². The molecule has 0 amide bonds. The first-order chi connectivity index (χ1) is 48.5. The summed E-state index contributed by atoms with van der Waals surface area (Å²) in [6.07, 6.45) is 65.3. The average molecular weight is 1470 g/mol. The molecule has 0 saturated heterocycles. The third-order valence-electron chi connectivity index (χ3n) is 19.0. The van der Waals surface area contributed by atoms with E-state index in [1.165, 1.54) is 250 Å². The first kappa shape index (κ1) is 98.1. The highest BCUT2D eigenvalue weighted by molar-refractivity contribution is 7.47. The van der Waals surface area contributed by atoms with Gasteiger partial charge in [-0.05, 0) is 31.6 Å².